The van der Waals surface area contributed by atoms with Gasteiger partial charge in [0.2, 0.25) is 0 Å². The maximum Gasteiger partial charge on any atom is 0.337 e. The van der Waals surface area contributed by atoms with E-state index in [-0.39, 0.29) is 28.8 Å². The van der Waals surface area contributed by atoms with E-state index in [0.29, 0.717) is 0 Å². The highest BCUT2D eigenvalue weighted by Crippen LogP contribution is 2.44. The molecule has 0 saturated heterocycles. The van der Waals surface area contributed by atoms with Crippen molar-refractivity contribution in [1.82, 2.24) is 4.98 Å². The van der Waals surface area contributed by atoms with Crippen LogP contribution in [0.2, 0.25) is 0 Å². The number of aromatic carboxylic acids is 2. The van der Waals surface area contributed by atoms with Crippen LogP contribution in [0.15, 0.2) is 28.4 Å². The van der Waals surface area contributed by atoms with Gasteiger partial charge in [0.05, 0.1) is 28.5 Å². The van der Waals surface area contributed by atoms with E-state index in [2.05, 4.69) is 15.2 Å². The number of aldehydes is 1. The zero-order valence-electron chi connectivity index (χ0n) is 14.7. The number of carbonyl (C=O) groups is 3. The van der Waals surface area contributed by atoms with Crippen LogP contribution >= 0.6 is 7.60 Å². The number of aromatic nitrogens is 1. The fraction of sp³-hybridized carbons (Fsp3) is 0.125. The van der Waals surface area contributed by atoms with Gasteiger partial charge in [0, 0.05) is 5.56 Å². The molecule has 1 aromatic carbocycles. The summed E-state index contributed by atoms with van der Waals surface area (Å²) in [5.74, 6) is -3.80. The van der Waals surface area contributed by atoms with Gasteiger partial charge in [-0.1, -0.05) is 0 Å². The lowest BCUT2D eigenvalue weighted by Crippen LogP contribution is -2.01. The Hall–Kier alpha value is -3.47. The number of hydrogen-bond donors (Lipinski definition) is 5. The van der Waals surface area contributed by atoms with E-state index < -0.39 is 48.4 Å². The standard InChI is InChI=1S/C16H14N3O9P/c1-7-13(21)10(5-20)11(6-29(26,27)28)14(17-7)19-18-12-4-8(15(22)23)2-3-9(12)16(24)25/h2-5,21H,6H2,1H3,(H,22,23)(H,24,25)(H2,26,27,28). The van der Waals surface area contributed by atoms with Gasteiger partial charge in [-0.3, -0.25) is 9.36 Å². The molecule has 0 radical (unpaired) electrons. The highest BCUT2D eigenvalue weighted by atomic mass is 31.2. The molecule has 2 aromatic rings. The smallest absolute Gasteiger partial charge is 0.337 e. The van der Waals surface area contributed by atoms with E-state index in [1.807, 2.05) is 0 Å². The van der Waals surface area contributed by atoms with Crippen LogP contribution in [0.5, 0.6) is 5.75 Å². The lowest BCUT2D eigenvalue weighted by atomic mass is 10.1. The Kier molecular flexibility index (Phi) is 6.22. The highest BCUT2D eigenvalue weighted by Gasteiger charge is 2.24. The molecule has 1 heterocycles. The summed E-state index contributed by atoms with van der Waals surface area (Å²) in [7, 11) is -4.71. The predicted octanol–water partition coefficient (Wildman–Crippen LogP) is 2.40. The van der Waals surface area contributed by atoms with Crippen LogP contribution < -0.4 is 0 Å². The topological polar surface area (TPSA) is 207 Å². The number of hydrogen-bond acceptors (Lipinski definition) is 8. The quantitative estimate of drug-likeness (QED) is 0.249. The van der Waals surface area contributed by atoms with Crippen LogP contribution in [0.25, 0.3) is 0 Å². The van der Waals surface area contributed by atoms with E-state index in [1.165, 1.54) is 6.92 Å². The molecule has 0 atom stereocenters. The lowest BCUT2D eigenvalue weighted by molar-refractivity contribution is 0.0682. The summed E-state index contributed by atoms with van der Waals surface area (Å²) in [6, 6.07) is 2.99. The Morgan fingerprint density at radius 3 is 2.34 bits per heavy atom. The van der Waals surface area contributed by atoms with E-state index in [9.17, 15) is 38.9 Å². The molecular weight excluding hydrogens is 409 g/mol. The molecule has 0 aliphatic rings. The minimum atomic E-state index is -4.71. The van der Waals surface area contributed by atoms with Crippen molar-refractivity contribution < 1.29 is 44.1 Å². The number of rotatable bonds is 7. The molecule has 0 fully saturated rings. The van der Waals surface area contributed by atoms with Crippen LogP contribution in [0.4, 0.5) is 11.5 Å². The molecule has 1 aromatic heterocycles. The second kappa shape index (κ2) is 8.27. The second-order valence-electron chi connectivity index (χ2n) is 5.74. The Morgan fingerprint density at radius 2 is 1.83 bits per heavy atom. The molecule has 2 rings (SSSR count). The summed E-state index contributed by atoms with van der Waals surface area (Å²) in [4.78, 5) is 56.1. The highest BCUT2D eigenvalue weighted by molar-refractivity contribution is 7.50. The summed E-state index contributed by atoms with van der Waals surface area (Å²) in [6.07, 6.45) is -0.820. The molecule has 0 bridgehead atoms. The van der Waals surface area contributed by atoms with E-state index in [4.69, 9.17) is 5.11 Å². The third-order valence-electron chi connectivity index (χ3n) is 3.68. The molecule has 0 unspecified atom stereocenters. The first kappa shape index (κ1) is 21.8. The first-order valence-corrected chi connectivity index (χ1v) is 9.49. The van der Waals surface area contributed by atoms with Crippen molar-refractivity contribution in [2.24, 2.45) is 10.2 Å². The minimum Gasteiger partial charge on any atom is -0.505 e. The van der Waals surface area contributed by atoms with Gasteiger partial charge in [0.1, 0.15) is 11.4 Å². The number of carboxylic acid groups (broad SMARTS) is 2. The van der Waals surface area contributed by atoms with E-state index >= 15 is 0 Å². The lowest BCUT2D eigenvalue weighted by Gasteiger charge is -2.12. The van der Waals surface area contributed by atoms with Gasteiger partial charge in [-0.05, 0) is 25.1 Å². The maximum absolute atomic E-state index is 11.4. The van der Waals surface area contributed by atoms with Crippen molar-refractivity contribution >= 4 is 37.3 Å². The summed E-state index contributed by atoms with van der Waals surface area (Å²) < 4.78 is 11.4. The molecule has 0 aliphatic heterocycles. The number of carbonyl (C=O) groups excluding carboxylic acids is 1. The summed E-state index contributed by atoms with van der Waals surface area (Å²) in [5, 5.41) is 35.5. The third-order valence-corrected chi connectivity index (χ3v) is 4.40. The largest absolute Gasteiger partial charge is 0.505 e. The first-order chi connectivity index (χ1) is 13.4. The number of nitrogens with zero attached hydrogens (tertiary/aromatic N) is 3. The summed E-state index contributed by atoms with van der Waals surface area (Å²) in [6.45, 7) is 1.30. The Balaban J connectivity index is 2.69. The van der Waals surface area contributed by atoms with Gasteiger partial charge in [0.15, 0.2) is 12.1 Å². The van der Waals surface area contributed by atoms with Crippen LogP contribution in [0.1, 0.15) is 42.3 Å². The molecule has 152 valence electrons. The van der Waals surface area contributed by atoms with Crippen molar-refractivity contribution in [3.8, 4) is 5.75 Å². The van der Waals surface area contributed by atoms with Crippen LogP contribution in [0.3, 0.4) is 0 Å². The number of benzene rings is 1. The SMILES string of the molecule is Cc1nc(N=Nc2cc(C(=O)O)ccc2C(=O)O)c(CP(=O)(O)O)c(C=O)c1O. The predicted molar refractivity (Wildman–Crippen MR) is 96.3 cm³/mol. The van der Waals surface area contributed by atoms with Crippen molar-refractivity contribution in [3.05, 3.63) is 46.1 Å². The van der Waals surface area contributed by atoms with Crippen molar-refractivity contribution in [2.45, 2.75) is 13.1 Å². The van der Waals surface area contributed by atoms with Crippen LogP contribution in [0, 0.1) is 6.92 Å². The number of aromatic hydroxyl groups is 1. The molecule has 5 N–H and O–H groups in total. The van der Waals surface area contributed by atoms with Crippen LogP contribution in [-0.2, 0) is 10.7 Å². The zero-order chi connectivity index (χ0) is 21.9. The van der Waals surface area contributed by atoms with Crippen molar-refractivity contribution in [2.75, 3.05) is 0 Å². The van der Waals surface area contributed by atoms with Gasteiger partial charge >= 0.3 is 19.5 Å². The molecule has 0 saturated carbocycles. The monoisotopic (exact) mass is 423 g/mol. The molecular formula is C16H14N3O9P. The molecule has 29 heavy (non-hydrogen) atoms. The normalized spacial score (nSPS) is 11.6. The average molecular weight is 423 g/mol. The summed E-state index contributed by atoms with van der Waals surface area (Å²) in [5.41, 5.74) is -1.96. The van der Waals surface area contributed by atoms with E-state index in [0.717, 1.165) is 18.2 Å². The maximum atomic E-state index is 11.4. The number of aryl methyl sites for hydroxylation is 1. The molecule has 0 spiro atoms. The number of pyridine rings is 1. The molecule has 0 aliphatic carbocycles. The number of azo groups is 1. The molecule has 13 heteroatoms. The average Bonchev–Trinajstić information content (AvgIpc) is 2.62. The Labute approximate surface area is 162 Å². The van der Waals surface area contributed by atoms with Gasteiger partial charge in [-0.25, -0.2) is 14.6 Å². The number of carboxylic acids is 2. The van der Waals surface area contributed by atoms with Crippen LogP contribution in [-0.4, -0.2) is 48.3 Å². The zero-order valence-corrected chi connectivity index (χ0v) is 15.6. The van der Waals surface area contributed by atoms with Gasteiger partial charge in [-0.2, -0.15) is 0 Å². The third kappa shape index (κ3) is 5.08. The summed E-state index contributed by atoms with van der Waals surface area (Å²) >= 11 is 0. The van der Waals surface area contributed by atoms with Crippen molar-refractivity contribution in [1.29, 1.82) is 0 Å². The van der Waals surface area contributed by atoms with E-state index in [1.54, 1.807) is 0 Å². The molecule has 0 amide bonds. The van der Waals surface area contributed by atoms with Gasteiger partial charge in [0.25, 0.3) is 0 Å². The Bertz CT molecular complexity index is 1090. The fourth-order valence-corrected chi connectivity index (χ4v) is 3.06. The van der Waals surface area contributed by atoms with Gasteiger partial charge < -0.3 is 25.1 Å². The van der Waals surface area contributed by atoms with Gasteiger partial charge in [-0.15, -0.1) is 10.2 Å². The second-order valence-corrected chi connectivity index (χ2v) is 7.39. The first-order valence-electron chi connectivity index (χ1n) is 7.69. The minimum absolute atomic E-state index is 0.0896. The Morgan fingerprint density at radius 1 is 1.17 bits per heavy atom. The fourth-order valence-electron chi connectivity index (χ4n) is 2.34. The molecule has 12 nitrogen and oxygen atoms in total. The van der Waals surface area contributed by atoms with Crippen molar-refractivity contribution in [3.63, 3.8) is 0 Å².